The normalized spacial score (nSPS) is 17.5. The van der Waals surface area contributed by atoms with Gasteiger partial charge in [-0.2, -0.15) is 0 Å². The van der Waals surface area contributed by atoms with Crippen molar-refractivity contribution >= 4 is 53.1 Å². The number of hydrogen-bond donors (Lipinski definition) is 6. The van der Waals surface area contributed by atoms with Gasteiger partial charge in [0.2, 0.25) is 41.4 Å². The van der Waals surface area contributed by atoms with Gasteiger partial charge in [0.15, 0.2) is 0 Å². The molecule has 1 saturated heterocycles. The molecule has 7 N–H and O–H groups in total. The van der Waals surface area contributed by atoms with E-state index in [1.807, 2.05) is 52.8 Å². The van der Waals surface area contributed by atoms with Gasteiger partial charge in [-0.15, -0.1) is 0 Å². The van der Waals surface area contributed by atoms with E-state index in [1.54, 1.807) is 80.9 Å². The number of ether oxygens (including phenoxy) is 3. The van der Waals surface area contributed by atoms with Gasteiger partial charge in [0.1, 0.15) is 24.7 Å². The third-order valence-corrected chi connectivity index (χ3v) is 14.2. The SMILES string of the molecule is CCCC(=O)N[C@H](CC(N)=O)C(=O)Nc1ccc(COC(=O)N(C)[C@H](C(=O)N[C@H](C(=O)N(C)[C@@H]([C@@H](C)CC)[C@@H](CC(=O)N2CCC[C@H]2[C@H](OC)[C@@H](C)C(=O)N[C@H](C)[C@@H](O)c2ccccc2)OC)C(C)C)C(C)C)cc1. The van der Waals surface area contributed by atoms with Crippen LogP contribution in [0.25, 0.3) is 0 Å². The second-order valence-electron chi connectivity index (χ2n) is 20.6. The summed E-state index contributed by atoms with van der Waals surface area (Å²) in [5, 5.41) is 22.0. The van der Waals surface area contributed by atoms with Gasteiger partial charge < -0.3 is 56.1 Å². The number of amides is 8. The average molecular weight is 1050 g/mol. The number of benzene rings is 2. The Morgan fingerprint density at radius 1 is 0.787 bits per heavy atom. The van der Waals surface area contributed by atoms with Crippen molar-refractivity contribution in [2.45, 2.75) is 168 Å². The molecule has 8 amide bonds. The molecule has 75 heavy (non-hydrogen) atoms. The van der Waals surface area contributed by atoms with Crippen LogP contribution < -0.4 is 27.0 Å². The number of methoxy groups -OCH3 is 2. The minimum Gasteiger partial charge on any atom is -0.445 e. The van der Waals surface area contributed by atoms with Crippen LogP contribution >= 0.6 is 0 Å². The average Bonchev–Trinajstić information content (AvgIpc) is 3.86. The molecular weight excluding hydrogens is 965 g/mol. The Morgan fingerprint density at radius 3 is 1.97 bits per heavy atom. The van der Waals surface area contributed by atoms with Crippen molar-refractivity contribution in [2.75, 3.05) is 40.2 Å². The maximum atomic E-state index is 14.7. The number of likely N-dealkylation sites (tertiary alicyclic amines) is 1. The monoisotopic (exact) mass is 1050 g/mol. The van der Waals surface area contributed by atoms with Crippen LogP contribution in [0.4, 0.5) is 10.5 Å². The molecule has 1 aliphatic heterocycles. The highest BCUT2D eigenvalue weighted by Crippen LogP contribution is 2.30. The van der Waals surface area contributed by atoms with Crippen molar-refractivity contribution in [1.29, 1.82) is 0 Å². The molecule has 3 rings (SSSR count). The highest BCUT2D eigenvalue weighted by atomic mass is 16.6. The van der Waals surface area contributed by atoms with Crippen LogP contribution in [-0.2, 0) is 54.4 Å². The fourth-order valence-corrected chi connectivity index (χ4v) is 9.76. The van der Waals surface area contributed by atoms with Gasteiger partial charge in [0, 0.05) is 47.0 Å². The van der Waals surface area contributed by atoms with Gasteiger partial charge >= 0.3 is 6.09 Å². The summed E-state index contributed by atoms with van der Waals surface area (Å²) in [6.45, 7) is 16.7. The molecule has 1 fully saturated rings. The van der Waals surface area contributed by atoms with Gasteiger partial charge in [-0.3, -0.25) is 38.5 Å². The summed E-state index contributed by atoms with van der Waals surface area (Å²) in [7, 11) is 6.11. The van der Waals surface area contributed by atoms with Crippen molar-refractivity contribution in [3.05, 3.63) is 65.7 Å². The summed E-state index contributed by atoms with van der Waals surface area (Å²) in [4.78, 5) is 112. The van der Waals surface area contributed by atoms with E-state index in [9.17, 15) is 43.5 Å². The van der Waals surface area contributed by atoms with Crippen LogP contribution in [0, 0.1) is 23.7 Å². The predicted molar refractivity (Wildman–Crippen MR) is 284 cm³/mol. The van der Waals surface area contributed by atoms with Gasteiger partial charge in [-0.25, -0.2) is 4.79 Å². The molecule has 0 spiro atoms. The van der Waals surface area contributed by atoms with E-state index in [0.29, 0.717) is 49.0 Å². The van der Waals surface area contributed by atoms with Crippen molar-refractivity contribution in [2.24, 2.45) is 29.4 Å². The molecule has 11 atom stereocenters. The number of likely N-dealkylation sites (N-methyl/N-ethyl adjacent to an activating group) is 2. The number of rotatable bonds is 29. The second kappa shape index (κ2) is 30.4. The minimum atomic E-state index is -1.16. The number of carbonyl (C=O) groups excluding carboxylic acids is 8. The zero-order valence-electron chi connectivity index (χ0n) is 46.4. The minimum absolute atomic E-state index is 0.0718. The molecule has 0 saturated carbocycles. The fourth-order valence-electron chi connectivity index (χ4n) is 9.76. The van der Waals surface area contributed by atoms with E-state index >= 15 is 0 Å². The molecule has 0 aliphatic carbocycles. The summed E-state index contributed by atoms with van der Waals surface area (Å²) in [5.74, 6) is -4.89. The number of aliphatic hydroxyl groups excluding tert-OH is 1. The molecule has 2 aromatic carbocycles. The Kier molecular flexibility index (Phi) is 25.6. The highest BCUT2D eigenvalue weighted by Gasteiger charge is 2.44. The van der Waals surface area contributed by atoms with Crippen molar-refractivity contribution in [3.63, 3.8) is 0 Å². The summed E-state index contributed by atoms with van der Waals surface area (Å²) in [6.07, 6.45) is -0.897. The van der Waals surface area contributed by atoms with Crippen LogP contribution in [0.2, 0.25) is 0 Å². The Hall–Kier alpha value is -6.12. The van der Waals surface area contributed by atoms with Crippen molar-refractivity contribution in [3.8, 4) is 0 Å². The molecule has 2 aromatic rings. The Morgan fingerprint density at radius 2 is 1.43 bits per heavy atom. The molecule has 0 unspecified atom stereocenters. The fraction of sp³-hybridized carbons (Fsp3) is 0.636. The number of carbonyl (C=O) groups is 8. The van der Waals surface area contributed by atoms with E-state index in [-0.39, 0.29) is 49.5 Å². The summed E-state index contributed by atoms with van der Waals surface area (Å²) in [6, 6.07) is 10.6. The molecule has 20 heteroatoms. The zero-order valence-corrected chi connectivity index (χ0v) is 46.4. The first-order valence-corrected chi connectivity index (χ1v) is 26.2. The van der Waals surface area contributed by atoms with Crippen molar-refractivity contribution < 1.29 is 57.7 Å². The maximum absolute atomic E-state index is 14.7. The molecule has 1 heterocycles. The van der Waals surface area contributed by atoms with Crippen LogP contribution in [0.1, 0.15) is 124 Å². The first-order chi connectivity index (χ1) is 35.4. The molecule has 20 nitrogen and oxygen atoms in total. The smallest absolute Gasteiger partial charge is 0.410 e. The lowest BCUT2D eigenvalue weighted by Crippen LogP contribution is -2.60. The lowest BCUT2D eigenvalue weighted by atomic mass is 9.89. The van der Waals surface area contributed by atoms with Crippen LogP contribution in [0.3, 0.4) is 0 Å². The summed E-state index contributed by atoms with van der Waals surface area (Å²) >= 11 is 0. The first-order valence-electron chi connectivity index (χ1n) is 26.2. The Labute approximate surface area is 443 Å². The molecule has 0 aromatic heterocycles. The van der Waals surface area contributed by atoms with E-state index in [0.717, 1.165) is 0 Å². The molecular formula is C55H86N8O12. The summed E-state index contributed by atoms with van der Waals surface area (Å²) < 4.78 is 17.6. The van der Waals surface area contributed by atoms with Gasteiger partial charge in [0.25, 0.3) is 0 Å². The maximum Gasteiger partial charge on any atom is 0.410 e. The quantitative estimate of drug-likeness (QED) is 0.0649. The van der Waals surface area contributed by atoms with Gasteiger partial charge in [-0.1, -0.05) is 104 Å². The van der Waals surface area contributed by atoms with Crippen LogP contribution in [0.5, 0.6) is 0 Å². The zero-order chi connectivity index (χ0) is 56.3. The van der Waals surface area contributed by atoms with E-state index in [1.165, 1.54) is 26.2 Å². The van der Waals surface area contributed by atoms with E-state index < -0.39 is 102 Å². The third-order valence-electron chi connectivity index (χ3n) is 14.2. The topological polar surface area (TPSA) is 268 Å². The molecule has 1 aliphatic rings. The number of nitrogens with zero attached hydrogens (tertiary/aromatic N) is 3. The van der Waals surface area contributed by atoms with Crippen LogP contribution in [0.15, 0.2) is 54.6 Å². The number of nitrogens with one attached hydrogen (secondary N) is 4. The van der Waals surface area contributed by atoms with E-state index in [4.69, 9.17) is 19.9 Å². The number of hydrogen-bond acceptors (Lipinski definition) is 12. The summed E-state index contributed by atoms with van der Waals surface area (Å²) in [5.41, 5.74) is 6.91. The molecule has 418 valence electrons. The van der Waals surface area contributed by atoms with Gasteiger partial charge in [-0.05, 0) is 67.2 Å². The lowest BCUT2D eigenvalue weighted by molar-refractivity contribution is -0.148. The predicted octanol–water partition coefficient (Wildman–Crippen LogP) is 4.68. The molecule has 0 bridgehead atoms. The van der Waals surface area contributed by atoms with Gasteiger partial charge in [0.05, 0.1) is 55.2 Å². The second-order valence-corrected chi connectivity index (χ2v) is 20.6. The third kappa shape index (κ3) is 18.0. The first kappa shape index (κ1) is 63.2. The molecule has 0 radical (unpaired) electrons. The standard InChI is InChI=1S/C55H86N8O12/c1-14-20-44(65)59-40(29-43(56)64)52(69)58-39-26-24-37(25-27-39)31-75-55(72)62(11)47(33(5)6)53(70)60-46(32(3)4)54(71)61(10)48(34(7)15-2)42(73-12)30-45(66)63-28-19-23-41(63)50(74-13)35(8)51(68)57-36(9)49(67)38-21-17-16-18-22-38/h16-18,21-22,24-27,32-36,40-42,46-50,67H,14-15,19-20,23,28-31H2,1-13H3,(H2,56,64)(H,57,68)(H,58,69)(H,59,65)(H,60,70)/t34-,35+,36+,40+,41-,42+,46-,47-,48-,49+,50+/m0/s1. The lowest BCUT2D eigenvalue weighted by Gasteiger charge is -2.41. The van der Waals surface area contributed by atoms with Crippen molar-refractivity contribution in [1.82, 2.24) is 30.7 Å². The number of aliphatic hydroxyl groups is 1. The Bertz CT molecular complexity index is 2200. The number of anilines is 1. The van der Waals surface area contributed by atoms with E-state index in [2.05, 4.69) is 21.3 Å². The largest absolute Gasteiger partial charge is 0.445 e. The Balaban J connectivity index is 1.71. The number of primary amides is 1. The highest BCUT2D eigenvalue weighted by molar-refractivity contribution is 5.99. The van der Waals surface area contributed by atoms with Crippen LogP contribution in [-0.4, -0.2) is 151 Å². The number of nitrogens with two attached hydrogens (primary N) is 1.